The summed E-state index contributed by atoms with van der Waals surface area (Å²) in [4.78, 5) is 14.2. The molecule has 6 nitrogen and oxygen atoms in total. The zero-order valence-electron chi connectivity index (χ0n) is 14.9. The van der Waals surface area contributed by atoms with Gasteiger partial charge < -0.3 is 5.32 Å². The summed E-state index contributed by atoms with van der Waals surface area (Å²) in [6.07, 6.45) is 2.64. The van der Waals surface area contributed by atoms with Gasteiger partial charge in [0.05, 0.1) is 18.8 Å². The molecular weight excluding hydrogens is 345 g/mol. The average Bonchev–Trinajstić information content (AvgIpc) is 2.54. The Morgan fingerprint density at radius 3 is 2.40 bits per heavy atom. The fourth-order valence-corrected chi connectivity index (χ4v) is 3.79. The zero-order chi connectivity index (χ0) is 18.6. The Morgan fingerprint density at radius 1 is 1.32 bits per heavy atom. The molecule has 0 radical (unpaired) electrons. The van der Waals surface area contributed by atoms with Crippen molar-refractivity contribution < 1.29 is 17.6 Å². The number of benzene rings is 1. The summed E-state index contributed by atoms with van der Waals surface area (Å²) in [5.74, 6) is -0.393. The normalized spacial score (nSPS) is 18.3. The number of nitrogens with one attached hydrogen (secondary N) is 1. The van der Waals surface area contributed by atoms with Crippen LogP contribution in [-0.4, -0.2) is 62.5 Å². The first-order valence-corrected chi connectivity index (χ1v) is 10.2. The molecule has 0 bridgehead atoms. The highest BCUT2D eigenvalue weighted by molar-refractivity contribution is 7.88. The molecule has 1 saturated heterocycles. The second kappa shape index (κ2) is 8.25. The van der Waals surface area contributed by atoms with Crippen LogP contribution in [-0.2, 0) is 14.8 Å². The van der Waals surface area contributed by atoms with Gasteiger partial charge in [-0.1, -0.05) is 12.1 Å². The standard InChI is InChI=1S/C17H26FN3O3S/c1-13(14-4-6-15(18)7-5-14)19-17(22)12-21-10-8-16(9-11-21)20(2)25(3,23)24/h4-7,13,16H,8-12H2,1-3H3,(H,19,22). The lowest BCUT2D eigenvalue weighted by molar-refractivity contribution is -0.123. The Labute approximate surface area is 149 Å². The first kappa shape index (κ1) is 19.8. The van der Waals surface area contributed by atoms with E-state index in [2.05, 4.69) is 5.32 Å². The highest BCUT2D eigenvalue weighted by atomic mass is 32.2. The number of halogens is 1. The first-order valence-electron chi connectivity index (χ1n) is 8.37. The van der Waals surface area contributed by atoms with Crippen molar-refractivity contribution >= 4 is 15.9 Å². The van der Waals surface area contributed by atoms with E-state index in [0.717, 1.165) is 5.56 Å². The lowest BCUT2D eigenvalue weighted by Crippen LogP contribution is -2.47. The number of carbonyl (C=O) groups is 1. The number of nitrogens with zero attached hydrogens (tertiary/aromatic N) is 2. The molecule has 1 unspecified atom stereocenters. The topological polar surface area (TPSA) is 69.7 Å². The Morgan fingerprint density at radius 2 is 1.88 bits per heavy atom. The molecule has 1 aliphatic heterocycles. The van der Waals surface area contributed by atoms with Crippen LogP contribution in [0.4, 0.5) is 4.39 Å². The first-order chi connectivity index (χ1) is 11.7. The average molecular weight is 371 g/mol. The largest absolute Gasteiger partial charge is 0.348 e. The molecule has 0 aromatic heterocycles. The van der Waals surface area contributed by atoms with Crippen LogP contribution >= 0.6 is 0 Å². The maximum Gasteiger partial charge on any atom is 0.234 e. The van der Waals surface area contributed by atoms with Gasteiger partial charge in [0.2, 0.25) is 15.9 Å². The molecule has 0 saturated carbocycles. The lowest BCUT2D eigenvalue weighted by Gasteiger charge is -2.35. The van der Waals surface area contributed by atoms with Crippen LogP contribution in [0.1, 0.15) is 31.4 Å². The number of amides is 1. The minimum absolute atomic E-state index is 0.00699. The summed E-state index contributed by atoms with van der Waals surface area (Å²) in [6.45, 7) is 3.50. The second-order valence-corrected chi connectivity index (χ2v) is 8.67. The number of hydrogen-bond acceptors (Lipinski definition) is 4. The maximum absolute atomic E-state index is 12.9. The summed E-state index contributed by atoms with van der Waals surface area (Å²) >= 11 is 0. The smallest absolute Gasteiger partial charge is 0.234 e. The van der Waals surface area contributed by atoms with Crippen molar-refractivity contribution in [2.45, 2.75) is 31.8 Å². The Kier molecular flexibility index (Phi) is 6.53. The van der Waals surface area contributed by atoms with Crippen LogP contribution in [0.15, 0.2) is 24.3 Å². The molecular formula is C17H26FN3O3S. The Balaban J connectivity index is 1.79. The maximum atomic E-state index is 12.9. The predicted octanol–water partition coefficient (Wildman–Crippen LogP) is 1.36. The highest BCUT2D eigenvalue weighted by Crippen LogP contribution is 2.18. The van der Waals surface area contributed by atoms with E-state index in [1.165, 1.54) is 22.7 Å². The summed E-state index contributed by atoms with van der Waals surface area (Å²) in [7, 11) is -1.58. The number of likely N-dealkylation sites (tertiary alicyclic amines) is 1. The van der Waals surface area contributed by atoms with Gasteiger partial charge in [-0.05, 0) is 37.5 Å². The van der Waals surface area contributed by atoms with Gasteiger partial charge in [-0.3, -0.25) is 9.69 Å². The lowest BCUT2D eigenvalue weighted by atomic mass is 10.1. The summed E-state index contributed by atoms with van der Waals surface area (Å²) < 4.78 is 37.5. The fraction of sp³-hybridized carbons (Fsp3) is 0.588. The van der Waals surface area contributed by atoms with Crippen LogP contribution in [0.5, 0.6) is 0 Å². The van der Waals surface area contributed by atoms with E-state index >= 15 is 0 Å². The molecule has 2 rings (SSSR count). The molecule has 1 atom stereocenters. The minimum atomic E-state index is -3.18. The van der Waals surface area contributed by atoms with Crippen molar-refractivity contribution in [1.82, 2.24) is 14.5 Å². The van der Waals surface area contributed by atoms with E-state index in [1.807, 2.05) is 11.8 Å². The van der Waals surface area contributed by atoms with Gasteiger partial charge in [-0.15, -0.1) is 0 Å². The summed E-state index contributed by atoms with van der Waals surface area (Å²) in [5.41, 5.74) is 0.850. The van der Waals surface area contributed by atoms with Crippen LogP contribution in [0.2, 0.25) is 0 Å². The minimum Gasteiger partial charge on any atom is -0.348 e. The third kappa shape index (κ3) is 5.76. The SMILES string of the molecule is CC(NC(=O)CN1CCC(N(C)S(C)(=O)=O)CC1)c1ccc(F)cc1. The molecule has 1 amide bonds. The van der Waals surface area contributed by atoms with Gasteiger partial charge in [0, 0.05) is 26.2 Å². The quantitative estimate of drug-likeness (QED) is 0.820. The molecule has 1 N–H and O–H groups in total. The van der Waals surface area contributed by atoms with Crippen molar-refractivity contribution in [2.24, 2.45) is 0 Å². The zero-order valence-corrected chi connectivity index (χ0v) is 15.7. The van der Waals surface area contributed by atoms with Crippen LogP contribution in [0.3, 0.4) is 0 Å². The van der Waals surface area contributed by atoms with Crippen molar-refractivity contribution in [1.29, 1.82) is 0 Å². The van der Waals surface area contributed by atoms with Crippen LogP contribution in [0.25, 0.3) is 0 Å². The monoisotopic (exact) mass is 371 g/mol. The number of piperidine rings is 1. The van der Waals surface area contributed by atoms with Crippen molar-refractivity contribution in [3.8, 4) is 0 Å². The third-order valence-corrected chi connectivity index (χ3v) is 6.05. The molecule has 1 aromatic rings. The predicted molar refractivity (Wildman–Crippen MR) is 95.0 cm³/mol. The van der Waals surface area contributed by atoms with Gasteiger partial charge in [-0.2, -0.15) is 0 Å². The molecule has 25 heavy (non-hydrogen) atoms. The van der Waals surface area contributed by atoms with Gasteiger partial charge in [0.15, 0.2) is 0 Å². The number of sulfonamides is 1. The molecule has 140 valence electrons. The Hall–Kier alpha value is -1.51. The third-order valence-electron chi connectivity index (χ3n) is 4.71. The van der Waals surface area contributed by atoms with E-state index in [-0.39, 0.29) is 30.4 Å². The van der Waals surface area contributed by atoms with E-state index in [1.54, 1.807) is 19.2 Å². The van der Waals surface area contributed by atoms with E-state index in [4.69, 9.17) is 0 Å². The molecule has 1 aliphatic rings. The molecule has 0 spiro atoms. The highest BCUT2D eigenvalue weighted by Gasteiger charge is 2.27. The van der Waals surface area contributed by atoms with Gasteiger partial charge in [0.25, 0.3) is 0 Å². The van der Waals surface area contributed by atoms with Crippen molar-refractivity contribution in [2.75, 3.05) is 32.9 Å². The number of hydrogen-bond donors (Lipinski definition) is 1. The number of carbonyl (C=O) groups excluding carboxylic acids is 1. The van der Waals surface area contributed by atoms with E-state index in [9.17, 15) is 17.6 Å². The Bertz CT molecular complexity index is 686. The van der Waals surface area contributed by atoms with Crippen molar-refractivity contribution in [3.05, 3.63) is 35.6 Å². The van der Waals surface area contributed by atoms with E-state index in [0.29, 0.717) is 25.9 Å². The fourth-order valence-electron chi connectivity index (χ4n) is 3.04. The van der Waals surface area contributed by atoms with Gasteiger partial charge in [0.1, 0.15) is 5.82 Å². The molecule has 8 heteroatoms. The summed E-state index contributed by atoms with van der Waals surface area (Å²) in [5, 5.41) is 2.91. The molecule has 1 heterocycles. The van der Waals surface area contributed by atoms with Crippen LogP contribution in [0, 0.1) is 5.82 Å². The summed E-state index contributed by atoms with van der Waals surface area (Å²) in [6, 6.07) is 5.87. The molecule has 1 fully saturated rings. The van der Waals surface area contributed by atoms with Crippen LogP contribution < -0.4 is 5.32 Å². The van der Waals surface area contributed by atoms with Crippen molar-refractivity contribution in [3.63, 3.8) is 0 Å². The van der Waals surface area contributed by atoms with Gasteiger partial charge in [-0.25, -0.2) is 17.1 Å². The molecule has 1 aromatic carbocycles. The number of rotatable bonds is 6. The second-order valence-electron chi connectivity index (χ2n) is 6.63. The van der Waals surface area contributed by atoms with E-state index < -0.39 is 10.0 Å². The van der Waals surface area contributed by atoms with Gasteiger partial charge >= 0.3 is 0 Å². The molecule has 0 aliphatic carbocycles.